The molecule has 0 bridgehead atoms. The Labute approximate surface area is 165 Å². The van der Waals surface area contributed by atoms with Crippen LogP contribution in [0.1, 0.15) is 25.7 Å². The number of hydrogen-bond acceptors (Lipinski definition) is 4. The maximum Gasteiger partial charge on any atom is 0.276 e. The van der Waals surface area contributed by atoms with Crippen LogP contribution in [0.15, 0.2) is 35.1 Å². The van der Waals surface area contributed by atoms with Crippen molar-refractivity contribution in [3.8, 4) is 0 Å². The SMILES string of the molecule is Cl.NS(=O)(=O)N1CCCC2(CCN(c3cc(=O)[nH]c4ccccc34)CC2)C1. The summed E-state index contributed by atoms with van der Waals surface area (Å²) in [5.74, 6) is 0. The highest BCUT2D eigenvalue weighted by Crippen LogP contribution is 2.41. The molecule has 3 N–H and O–H groups in total. The molecule has 4 rings (SSSR count). The van der Waals surface area contributed by atoms with Gasteiger partial charge in [-0.1, -0.05) is 18.2 Å². The molecule has 2 aromatic rings. The van der Waals surface area contributed by atoms with Crippen LogP contribution in [0.25, 0.3) is 10.9 Å². The summed E-state index contributed by atoms with van der Waals surface area (Å²) >= 11 is 0. The first kappa shape index (κ1) is 20.1. The van der Waals surface area contributed by atoms with Gasteiger partial charge in [0.1, 0.15) is 0 Å². The van der Waals surface area contributed by atoms with Crippen LogP contribution in [0.5, 0.6) is 0 Å². The number of halogens is 1. The molecule has 2 saturated heterocycles. The lowest BCUT2D eigenvalue weighted by atomic mass is 9.73. The van der Waals surface area contributed by atoms with Crippen molar-refractivity contribution < 1.29 is 8.42 Å². The molecular weight excluding hydrogens is 388 g/mol. The van der Waals surface area contributed by atoms with Gasteiger partial charge in [0.25, 0.3) is 10.2 Å². The van der Waals surface area contributed by atoms with Gasteiger partial charge in [-0.05, 0) is 37.2 Å². The van der Waals surface area contributed by atoms with Gasteiger partial charge in [0.2, 0.25) is 5.56 Å². The molecule has 7 nitrogen and oxygen atoms in total. The summed E-state index contributed by atoms with van der Waals surface area (Å²) in [4.78, 5) is 17.2. The van der Waals surface area contributed by atoms with Gasteiger partial charge in [-0.15, -0.1) is 12.4 Å². The van der Waals surface area contributed by atoms with Crippen LogP contribution in [-0.4, -0.2) is 43.9 Å². The first-order valence-corrected chi connectivity index (χ1v) is 10.5. The number of para-hydroxylation sites is 1. The monoisotopic (exact) mass is 412 g/mol. The van der Waals surface area contributed by atoms with E-state index in [1.807, 2.05) is 24.3 Å². The van der Waals surface area contributed by atoms with E-state index in [4.69, 9.17) is 5.14 Å². The number of aromatic amines is 1. The third-order valence-corrected chi connectivity index (χ3v) is 6.91. The molecule has 9 heteroatoms. The Morgan fingerprint density at radius 3 is 2.48 bits per heavy atom. The zero-order valence-electron chi connectivity index (χ0n) is 15.1. The average molecular weight is 413 g/mol. The van der Waals surface area contributed by atoms with E-state index < -0.39 is 10.2 Å². The number of nitrogens with one attached hydrogen (secondary N) is 1. The standard InChI is InChI=1S/C18H24N4O3S.ClH/c19-26(24,25)22-9-3-6-18(13-22)7-10-21(11-8-18)16-12-17(23)20-15-5-2-1-4-14(15)16;/h1-2,4-5,12H,3,6-11,13H2,(H,20,23)(H2,19,24,25);1H. The first-order valence-electron chi connectivity index (χ1n) is 9.01. The molecule has 2 aliphatic rings. The van der Waals surface area contributed by atoms with Gasteiger partial charge in [-0.25, -0.2) is 5.14 Å². The minimum atomic E-state index is -3.63. The molecule has 1 aromatic carbocycles. The van der Waals surface area contributed by atoms with E-state index in [2.05, 4.69) is 9.88 Å². The van der Waals surface area contributed by atoms with E-state index in [-0.39, 0.29) is 23.4 Å². The lowest BCUT2D eigenvalue weighted by molar-refractivity contribution is 0.112. The van der Waals surface area contributed by atoms with E-state index in [0.717, 1.165) is 55.4 Å². The summed E-state index contributed by atoms with van der Waals surface area (Å²) < 4.78 is 24.9. The number of benzene rings is 1. The van der Waals surface area contributed by atoms with Crippen LogP contribution < -0.4 is 15.6 Å². The molecule has 0 unspecified atom stereocenters. The topological polar surface area (TPSA) is 99.5 Å². The fraction of sp³-hybridized carbons (Fsp3) is 0.500. The highest BCUT2D eigenvalue weighted by molar-refractivity contribution is 7.86. The molecule has 0 aliphatic carbocycles. The van der Waals surface area contributed by atoms with Crippen LogP contribution in [0.4, 0.5) is 5.69 Å². The third kappa shape index (κ3) is 3.99. The molecule has 27 heavy (non-hydrogen) atoms. The number of hydrogen-bond donors (Lipinski definition) is 2. The van der Waals surface area contributed by atoms with Gasteiger partial charge in [-0.3, -0.25) is 4.79 Å². The Balaban J connectivity index is 0.00000210. The number of fused-ring (bicyclic) bond motifs is 1. The normalized spacial score (nSPS) is 20.6. The Morgan fingerprint density at radius 2 is 1.78 bits per heavy atom. The van der Waals surface area contributed by atoms with Crippen molar-refractivity contribution in [1.29, 1.82) is 0 Å². The van der Waals surface area contributed by atoms with Crippen LogP contribution in [0, 0.1) is 5.41 Å². The van der Waals surface area contributed by atoms with E-state index in [1.54, 1.807) is 6.07 Å². The largest absolute Gasteiger partial charge is 0.371 e. The molecule has 2 aliphatic heterocycles. The molecular formula is C18H25ClN4O3S. The van der Waals surface area contributed by atoms with Crippen LogP contribution in [0.3, 0.4) is 0 Å². The smallest absolute Gasteiger partial charge is 0.276 e. The number of H-pyrrole nitrogens is 1. The zero-order valence-corrected chi connectivity index (χ0v) is 16.7. The second-order valence-electron chi connectivity index (χ2n) is 7.53. The fourth-order valence-corrected chi connectivity index (χ4v) is 5.30. The number of aromatic nitrogens is 1. The molecule has 0 amide bonds. The van der Waals surface area contributed by atoms with E-state index in [0.29, 0.717) is 13.1 Å². The number of piperidine rings is 2. The van der Waals surface area contributed by atoms with Crippen LogP contribution >= 0.6 is 12.4 Å². The van der Waals surface area contributed by atoms with Crippen molar-refractivity contribution in [1.82, 2.24) is 9.29 Å². The number of nitrogens with two attached hydrogens (primary N) is 1. The number of nitrogens with zero attached hydrogens (tertiary/aromatic N) is 2. The van der Waals surface area contributed by atoms with Crippen molar-refractivity contribution in [3.05, 3.63) is 40.7 Å². The van der Waals surface area contributed by atoms with Gasteiger partial charge < -0.3 is 9.88 Å². The van der Waals surface area contributed by atoms with Gasteiger partial charge in [0, 0.05) is 37.6 Å². The second kappa shape index (κ2) is 7.43. The van der Waals surface area contributed by atoms with Crippen LogP contribution in [-0.2, 0) is 10.2 Å². The van der Waals surface area contributed by atoms with Gasteiger partial charge >= 0.3 is 0 Å². The highest BCUT2D eigenvalue weighted by atomic mass is 35.5. The van der Waals surface area contributed by atoms with E-state index in [9.17, 15) is 13.2 Å². The molecule has 1 aromatic heterocycles. The molecule has 1 spiro atoms. The summed E-state index contributed by atoms with van der Waals surface area (Å²) in [6, 6.07) is 9.49. The Kier molecular flexibility index (Phi) is 5.54. The lowest BCUT2D eigenvalue weighted by Gasteiger charge is -2.47. The molecule has 0 radical (unpaired) electrons. The second-order valence-corrected chi connectivity index (χ2v) is 9.08. The maximum absolute atomic E-state index is 12.0. The van der Waals surface area contributed by atoms with Crippen molar-refractivity contribution in [3.63, 3.8) is 0 Å². The predicted octanol–water partition coefficient (Wildman–Crippen LogP) is 1.84. The molecule has 0 atom stereocenters. The van der Waals surface area contributed by atoms with Gasteiger partial charge in [-0.2, -0.15) is 12.7 Å². The first-order chi connectivity index (χ1) is 12.4. The highest BCUT2D eigenvalue weighted by Gasteiger charge is 2.41. The van der Waals surface area contributed by atoms with Crippen molar-refractivity contribution >= 4 is 39.2 Å². The molecule has 3 heterocycles. The Bertz CT molecular complexity index is 984. The minimum absolute atomic E-state index is 0. The van der Waals surface area contributed by atoms with E-state index >= 15 is 0 Å². The van der Waals surface area contributed by atoms with Crippen molar-refractivity contribution in [2.75, 3.05) is 31.1 Å². The zero-order chi connectivity index (χ0) is 18.4. The molecule has 2 fully saturated rings. The van der Waals surface area contributed by atoms with E-state index in [1.165, 1.54) is 4.31 Å². The fourth-order valence-electron chi connectivity index (χ4n) is 4.46. The summed E-state index contributed by atoms with van der Waals surface area (Å²) in [5.41, 5.74) is 1.70. The Hall–Kier alpha value is -1.61. The summed E-state index contributed by atoms with van der Waals surface area (Å²) in [6.45, 7) is 2.65. The number of anilines is 1. The van der Waals surface area contributed by atoms with Gasteiger partial charge in [0.15, 0.2) is 0 Å². The van der Waals surface area contributed by atoms with Crippen LogP contribution in [0.2, 0.25) is 0 Å². The molecule has 0 saturated carbocycles. The summed E-state index contributed by atoms with van der Waals surface area (Å²) in [5, 5.41) is 6.39. The average Bonchev–Trinajstić information content (AvgIpc) is 2.61. The summed E-state index contributed by atoms with van der Waals surface area (Å²) in [7, 11) is -3.63. The molecule has 148 valence electrons. The van der Waals surface area contributed by atoms with Gasteiger partial charge in [0.05, 0.1) is 11.2 Å². The Morgan fingerprint density at radius 1 is 1.07 bits per heavy atom. The van der Waals surface area contributed by atoms with Crippen molar-refractivity contribution in [2.45, 2.75) is 25.7 Å². The quantitative estimate of drug-likeness (QED) is 0.785. The number of rotatable bonds is 2. The minimum Gasteiger partial charge on any atom is -0.371 e. The third-order valence-electron chi connectivity index (χ3n) is 5.88. The van der Waals surface area contributed by atoms with Crippen molar-refractivity contribution in [2.24, 2.45) is 10.6 Å². The lowest BCUT2D eigenvalue weighted by Crippen LogP contribution is -2.52. The number of pyridine rings is 1. The maximum atomic E-state index is 12.0. The summed E-state index contributed by atoms with van der Waals surface area (Å²) in [6.07, 6.45) is 3.69. The predicted molar refractivity (Wildman–Crippen MR) is 110 cm³/mol.